The predicted molar refractivity (Wildman–Crippen MR) is 140 cm³/mol. The third kappa shape index (κ3) is 7.49. The first-order valence-corrected chi connectivity index (χ1v) is 12.4. The molecule has 0 heterocycles. The lowest BCUT2D eigenvalue weighted by molar-refractivity contribution is -0.114. The SMILES string of the molecule is O=C(CNc1ccc(Cl)c(C(=O)NC2CCCCC2)c1)Nc1ccc(OCc2ccccc2)cc1. The molecule has 1 fully saturated rings. The number of amides is 2. The molecule has 0 spiro atoms. The number of hydrogen-bond donors (Lipinski definition) is 3. The van der Waals surface area contributed by atoms with Crippen molar-refractivity contribution in [3.63, 3.8) is 0 Å². The summed E-state index contributed by atoms with van der Waals surface area (Å²) in [6.45, 7) is 0.538. The first-order valence-electron chi connectivity index (χ1n) is 12.0. The Morgan fingerprint density at radius 1 is 0.886 bits per heavy atom. The lowest BCUT2D eigenvalue weighted by Gasteiger charge is -2.23. The molecule has 3 aromatic carbocycles. The molecule has 2 amide bonds. The van der Waals surface area contributed by atoms with Gasteiger partial charge in [0, 0.05) is 17.4 Å². The van der Waals surface area contributed by atoms with Gasteiger partial charge in [0.2, 0.25) is 5.91 Å². The van der Waals surface area contributed by atoms with Crippen molar-refractivity contribution in [1.29, 1.82) is 0 Å². The van der Waals surface area contributed by atoms with Gasteiger partial charge in [0.25, 0.3) is 5.91 Å². The highest BCUT2D eigenvalue weighted by Gasteiger charge is 2.18. The third-order valence-electron chi connectivity index (χ3n) is 5.99. The predicted octanol–water partition coefficient (Wildman–Crippen LogP) is 6.03. The van der Waals surface area contributed by atoms with E-state index in [4.69, 9.17) is 16.3 Å². The fourth-order valence-electron chi connectivity index (χ4n) is 4.08. The molecule has 182 valence electrons. The van der Waals surface area contributed by atoms with Crippen LogP contribution in [0.25, 0.3) is 0 Å². The fraction of sp³-hybridized carbons (Fsp3) is 0.286. The number of nitrogens with one attached hydrogen (secondary N) is 3. The third-order valence-corrected chi connectivity index (χ3v) is 6.32. The van der Waals surface area contributed by atoms with Crippen LogP contribution in [-0.2, 0) is 11.4 Å². The molecule has 0 bridgehead atoms. The van der Waals surface area contributed by atoms with Crippen molar-refractivity contribution < 1.29 is 14.3 Å². The second-order valence-corrected chi connectivity index (χ2v) is 9.11. The van der Waals surface area contributed by atoms with Gasteiger partial charge in [-0.25, -0.2) is 0 Å². The van der Waals surface area contributed by atoms with Crippen LogP contribution in [0.15, 0.2) is 72.8 Å². The van der Waals surface area contributed by atoms with Gasteiger partial charge in [0.15, 0.2) is 0 Å². The molecule has 1 aliphatic rings. The molecule has 0 aromatic heterocycles. The van der Waals surface area contributed by atoms with Gasteiger partial charge >= 0.3 is 0 Å². The fourth-order valence-corrected chi connectivity index (χ4v) is 4.29. The number of carbonyl (C=O) groups is 2. The van der Waals surface area contributed by atoms with E-state index in [1.807, 2.05) is 42.5 Å². The Hall–Kier alpha value is -3.51. The number of carbonyl (C=O) groups excluding carboxylic acids is 2. The highest BCUT2D eigenvalue weighted by atomic mass is 35.5. The summed E-state index contributed by atoms with van der Waals surface area (Å²) in [6, 6.07) is 22.5. The van der Waals surface area contributed by atoms with E-state index in [1.54, 1.807) is 30.3 Å². The van der Waals surface area contributed by atoms with E-state index in [0.29, 0.717) is 28.6 Å². The van der Waals surface area contributed by atoms with Gasteiger partial charge < -0.3 is 20.7 Å². The lowest BCUT2D eigenvalue weighted by atomic mass is 9.95. The van der Waals surface area contributed by atoms with E-state index in [-0.39, 0.29) is 24.4 Å². The van der Waals surface area contributed by atoms with E-state index in [0.717, 1.165) is 37.0 Å². The Bertz CT molecular complexity index is 1130. The Morgan fingerprint density at radius 2 is 1.60 bits per heavy atom. The molecule has 6 nitrogen and oxygen atoms in total. The maximum Gasteiger partial charge on any atom is 0.253 e. The Kier molecular flexibility index (Phi) is 8.63. The minimum absolute atomic E-state index is 0.0531. The van der Waals surface area contributed by atoms with E-state index >= 15 is 0 Å². The average molecular weight is 492 g/mol. The van der Waals surface area contributed by atoms with Gasteiger partial charge in [-0.15, -0.1) is 0 Å². The molecule has 3 aromatic rings. The van der Waals surface area contributed by atoms with Crippen molar-refractivity contribution >= 4 is 34.8 Å². The molecule has 3 N–H and O–H groups in total. The standard InChI is InChI=1S/C28H30ClN3O3/c29-26-16-13-23(17-25(26)28(34)32-21-9-5-2-6-10-21)30-18-27(33)31-22-11-14-24(15-12-22)35-19-20-7-3-1-4-8-20/h1,3-4,7-8,11-17,21,30H,2,5-6,9-10,18-19H2,(H,31,33)(H,32,34). The summed E-state index contributed by atoms with van der Waals surface area (Å²) in [5, 5.41) is 9.39. The maximum atomic E-state index is 12.7. The van der Waals surface area contributed by atoms with Crippen LogP contribution >= 0.6 is 11.6 Å². The van der Waals surface area contributed by atoms with Crippen LogP contribution < -0.4 is 20.7 Å². The van der Waals surface area contributed by atoms with Crippen LogP contribution in [0, 0.1) is 0 Å². The van der Waals surface area contributed by atoms with Gasteiger partial charge in [-0.3, -0.25) is 9.59 Å². The second-order valence-electron chi connectivity index (χ2n) is 8.70. The van der Waals surface area contributed by atoms with Crippen LogP contribution in [0.2, 0.25) is 5.02 Å². The molecule has 0 atom stereocenters. The first kappa shape index (κ1) is 24.6. The Balaban J connectivity index is 1.25. The molecule has 35 heavy (non-hydrogen) atoms. The monoisotopic (exact) mass is 491 g/mol. The summed E-state index contributed by atoms with van der Waals surface area (Å²) >= 11 is 6.27. The van der Waals surface area contributed by atoms with Gasteiger partial charge in [0.1, 0.15) is 12.4 Å². The summed E-state index contributed by atoms with van der Waals surface area (Å²) in [5.74, 6) is 0.348. The molecule has 1 aliphatic carbocycles. The summed E-state index contributed by atoms with van der Waals surface area (Å²) < 4.78 is 5.78. The lowest BCUT2D eigenvalue weighted by Crippen LogP contribution is -2.36. The zero-order valence-electron chi connectivity index (χ0n) is 19.6. The van der Waals surface area contributed by atoms with E-state index in [2.05, 4.69) is 16.0 Å². The van der Waals surface area contributed by atoms with Gasteiger partial charge in [-0.05, 0) is 60.9 Å². The highest BCUT2D eigenvalue weighted by Crippen LogP contribution is 2.23. The smallest absolute Gasteiger partial charge is 0.253 e. The number of anilines is 2. The second kappa shape index (κ2) is 12.3. The number of halogens is 1. The van der Waals surface area contributed by atoms with E-state index in [9.17, 15) is 9.59 Å². The van der Waals surface area contributed by atoms with Crippen LogP contribution in [0.4, 0.5) is 11.4 Å². The molecule has 7 heteroatoms. The van der Waals surface area contributed by atoms with Crippen molar-refractivity contribution in [1.82, 2.24) is 5.32 Å². The minimum atomic E-state index is -0.203. The van der Waals surface area contributed by atoms with Crippen molar-refractivity contribution in [2.24, 2.45) is 0 Å². The normalized spacial score (nSPS) is 13.6. The summed E-state index contributed by atoms with van der Waals surface area (Å²) in [7, 11) is 0. The molecular weight excluding hydrogens is 462 g/mol. The van der Waals surface area contributed by atoms with Crippen molar-refractivity contribution in [2.45, 2.75) is 44.8 Å². The molecule has 0 saturated heterocycles. The molecule has 0 aliphatic heterocycles. The van der Waals surface area contributed by atoms with Crippen molar-refractivity contribution in [3.05, 3.63) is 88.9 Å². The molecule has 1 saturated carbocycles. The summed E-state index contributed by atoms with van der Waals surface area (Å²) in [4.78, 5) is 25.1. The Labute approximate surface area is 211 Å². The molecule has 4 rings (SSSR count). The minimum Gasteiger partial charge on any atom is -0.489 e. The largest absolute Gasteiger partial charge is 0.489 e. The van der Waals surface area contributed by atoms with Crippen LogP contribution in [0.1, 0.15) is 48.0 Å². The highest BCUT2D eigenvalue weighted by molar-refractivity contribution is 6.34. The summed E-state index contributed by atoms with van der Waals surface area (Å²) in [5.41, 5.74) is 2.83. The van der Waals surface area contributed by atoms with E-state index in [1.165, 1.54) is 6.42 Å². The summed E-state index contributed by atoms with van der Waals surface area (Å²) in [6.07, 6.45) is 5.50. The topological polar surface area (TPSA) is 79.5 Å². The van der Waals surface area contributed by atoms with Gasteiger partial charge in [0.05, 0.1) is 17.1 Å². The van der Waals surface area contributed by atoms with Crippen molar-refractivity contribution in [2.75, 3.05) is 17.2 Å². The van der Waals surface area contributed by atoms with Gasteiger partial charge in [-0.1, -0.05) is 61.2 Å². The molecule has 0 radical (unpaired) electrons. The number of benzene rings is 3. The van der Waals surface area contributed by atoms with Crippen LogP contribution in [0.3, 0.4) is 0 Å². The van der Waals surface area contributed by atoms with Crippen LogP contribution in [0.5, 0.6) is 5.75 Å². The molecule has 0 unspecified atom stereocenters. The van der Waals surface area contributed by atoms with E-state index < -0.39 is 0 Å². The zero-order chi connectivity index (χ0) is 24.5. The number of ether oxygens (including phenoxy) is 1. The van der Waals surface area contributed by atoms with Crippen molar-refractivity contribution in [3.8, 4) is 5.75 Å². The zero-order valence-corrected chi connectivity index (χ0v) is 20.3. The quantitative estimate of drug-likeness (QED) is 0.341. The maximum absolute atomic E-state index is 12.7. The molecular formula is C28H30ClN3O3. The first-order chi connectivity index (χ1) is 17.1. The average Bonchev–Trinajstić information content (AvgIpc) is 2.89. The van der Waals surface area contributed by atoms with Crippen LogP contribution in [-0.4, -0.2) is 24.4 Å². The van der Waals surface area contributed by atoms with Gasteiger partial charge in [-0.2, -0.15) is 0 Å². The number of hydrogen-bond acceptors (Lipinski definition) is 4. The number of rotatable bonds is 9. The Morgan fingerprint density at radius 3 is 2.34 bits per heavy atom.